The summed E-state index contributed by atoms with van der Waals surface area (Å²) in [5, 5.41) is 3.50. The number of benzene rings is 1. The van der Waals surface area contributed by atoms with Crippen molar-refractivity contribution in [1.29, 1.82) is 0 Å². The van der Waals surface area contributed by atoms with E-state index in [0.29, 0.717) is 0 Å². The van der Waals surface area contributed by atoms with E-state index in [1.54, 1.807) is 12.3 Å². The molecule has 2 aromatic rings. The lowest BCUT2D eigenvalue weighted by Crippen LogP contribution is -1.95. The van der Waals surface area contributed by atoms with Gasteiger partial charge in [0.2, 0.25) is 5.28 Å². The second-order valence-corrected chi connectivity index (χ2v) is 4.51. The first-order valence-electron chi connectivity index (χ1n) is 5.69. The standard InChI is InChI=1S/C13H12ClN3/c14-13-15-7-6-12(17-13)16-11-5-4-9-2-1-3-10(9)8-11/h4-8H,1-3H2,(H,15,16,17). The average Bonchev–Trinajstić information content (AvgIpc) is 2.76. The van der Waals surface area contributed by atoms with Crippen molar-refractivity contribution in [3.8, 4) is 0 Å². The Morgan fingerprint density at radius 3 is 2.88 bits per heavy atom. The highest BCUT2D eigenvalue weighted by molar-refractivity contribution is 6.28. The fourth-order valence-corrected chi connectivity index (χ4v) is 2.35. The third kappa shape index (κ3) is 2.24. The molecule has 1 aromatic heterocycles. The summed E-state index contributed by atoms with van der Waals surface area (Å²) in [5.74, 6) is 0.725. The molecule has 1 aromatic carbocycles. The molecular formula is C13H12ClN3. The number of nitrogens with zero attached hydrogens (tertiary/aromatic N) is 2. The van der Waals surface area contributed by atoms with Gasteiger partial charge in [0.05, 0.1) is 0 Å². The van der Waals surface area contributed by atoms with Crippen molar-refractivity contribution in [2.24, 2.45) is 0 Å². The fraction of sp³-hybridized carbons (Fsp3) is 0.231. The van der Waals surface area contributed by atoms with E-state index in [4.69, 9.17) is 11.6 Å². The molecule has 0 saturated heterocycles. The van der Waals surface area contributed by atoms with Gasteiger partial charge in [-0.3, -0.25) is 0 Å². The van der Waals surface area contributed by atoms with Crippen LogP contribution in [-0.2, 0) is 12.8 Å². The van der Waals surface area contributed by atoms with Crippen molar-refractivity contribution < 1.29 is 0 Å². The van der Waals surface area contributed by atoms with Gasteiger partial charge in [-0.1, -0.05) is 6.07 Å². The number of halogens is 1. The van der Waals surface area contributed by atoms with Gasteiger partial charge in [0.15, 0.2) is 0 Å². The van der Waals surface area contributed by atoms with Gasteiger partial charge in [-0.25, -0.2) is 9.97 Å². The maximum Gasteiger partial charge on any atom is 0.224 e. The van der Waals surface area contributed by atoms with Crippen LogP contribution in [0.25, 0.3) is 0 Å². The van der Waals surface area contributed by atoms with Crippen LogP contribution in [0.3, 0.4) is 0 Å². The van der Waals surface area contributed by atoms with Gasteiger partial charge in [0.1, 0.15) is 5.82 Å². The number of hydrogen-bond acceptors (Lipinski definition) is 3. The Balaban J connectivity index is 1.86. The molecule has 0 bridgehead atoms. The predicted molar refractivity (Wildman–Crippen MR) is 68.8 cm³/mol. The van der Waals surface area contributed by atoms with Gasteiger partial charge < -0.3 is 5.32 Å². The summed E-state index contributed by atoms with van der Waals surface area (Å²) in [5.41, 5.74) is 3.96. The lowest BCUT2D eigenvalue weighted by Gasteiger charge is -2.07. The van der Waals surface area contributed by atoms with Gasteiger partial charge in [-0.05, 0) is 60.2 Å². The Morgan fingerprint density at radius 2 is 2.00 bits per heavy atom. The Kier molecular flexibility index (Phi) is 2.69. The molecule has 1 N–H and O–H groups in total. The normalized spacial score (nSPS) is 13.5. The van der Waals surface area contributed by atoms with Gasteiger partial charge in [0.25, 0.3) is 0 Å². The molecule has 0 spiro atoms. The molecule has 3 rings (SSSR count). The van der Waals surface area contributed by atoms with Crippen LogP contribution in [0.15, 0.2) is 30.5 Å². The van der Waals surface area contributed by atoms with Crippen LogP contribution in [0, 0.1) is 0 Å². The highest BCUT2D eigenvalue weighted by atomic mass is 35.5. The molecule has 3 nitrogen and oxygen atoms in total. The molecule has 4 heteroatoms. The number of nitrogens with one attached hydrogen (secondary N) is 1. The lowest BCUT2D eigenvalue weighted by atomic mass is 10.1. The average molecular weight is 246 g/mol. The molecule has 0 radical (unpaired) electrons. The van der Waals surface area contributed by atoms with E-state index in [1.165, 1.54) is 30.4 Å². The summed E-state index contributed by atoms with van der Waals surface area (Å²) in [6.45, 7) is 0. The number of aromatic nitrogens is 2. The molecule has 0 aliphatic heterocycles. The Hall–Kier alpha value is -1.61. The van der Waals surface area contributed by atoms with E-state index < -0.39 is 0 Å². The number of rotatable bonds is 2. The van der Waals surface area contributed by atoms with E-state index in [1.807, 2.05) is 0 Å². The van der Waals surface area contributed by atoms with Crippen LogP contribution in [0.2, 0.25) is 5.28 Å². The van der Waals surface area contributed by atoms with E-state index in [0.717, 1.165) is 11.5 Å². The van der Waals surface area contributed by atoms with Crippen LogP contribution in [0.1, 0.15) is 17.5 Å². The van der Waals surface area contributed by atoms with E-state index in [9.17, 15) is 0 Å². The minimum atomic E-state index is 0.260. The number of fused-ring (bicyclic) bond motifs is 1. The number of hydrogen-bond donors (Lipinski definition) is 1. The highest BCUT2D eigenvalue weighted by Gasteiger charge is 2.10. The lowest BCUT2D eigenvalue weighted by molar-refractivity contribution is 0.912. The summed E-state index contributed by atoms with van der Waals surface area (Å²) in [6, 6.07) is 8.27. The molecule has 86 valence electrons. The minimum Gasteiger partial charge on any atom is -0.340 e. The summed E-state index contributed by atoms with van der Waals surface area (Å²) in [6.07, 6.45) is 5.29. The summed E-state index contributed by atoms with van der Waals surface area (Å²) < 4.78 is 0. The third-order valence-corrected chi connectivity index (χ3v) is 3.18. The van der Waals surface area contributed by atoms with Crippen LogP contribution >= 0.6 is 11.6 Å². The van der Waals surface area contributed by atoms with Gasteiger partial charge in [-0.2, -0.15) is 0 Å². The monoisotopic (exact) mass is 245 g/mol. The van der Waals surface area contributed by atoms with Crippen molar-refractivity contribution in [2.75, 3.05) is 5.32 Å². The van der Waals surface area contributed by atoms with Crippen molar-refractivity contribution in [1.82, 2.24) is 9.97 Å². The topological polar surface area (TPSA) is 37.8 Å². The van der Waals surface area contributed by atoms with E-state index in [2.05, 4.69) is 33.5 Å². The molecule has 0 atom stereocenters. The molecule has 1 aliphatic rings. The van der Waals surface area contributed by atoms with Crippen LogP contribution in [-0.4, -0.2) is 9.97 Å². The molecule has 0 amide bonds. The Morgan fingerprint density at radius 1 is 1.12 bits per heavy atom. The summed E-state index contributed by atoms with van der Waals surface area (Å²) >= 11 is 5.74. The molecular weight excluding hydrogens is 234 g/mol. The number of anilines is 2. The maximum atomic E-state index is 5.74. The fourth-order valence-electron chi connectivity index (χ4n) is 2.20. The third-order valence-electron chi connectivity index (χ3n) is 3.00. The summed E-state index contributed by atoms with van der Waals surface area (Å²) in [7, 11) is 0. The molecule has 1 heterocycles. The molecule has 0 fully saturated rings. The van der Waals surface area contributed by atoms with Crippen molar-refractivity contribution in [2.45, 2.75) is 19.3 Å². The second-order valence-electron chi connectivity index (χ2n) is 4.17. The van der Waals surface area contributed by atoms with Gasteiger partial charge in [-0.15, -0.1) is 0 Å². The zero-order valence-corrected chi connectivity index (χ0v) is 10.0. The second kappa shape index (κ2) is 4.34. The maximum absolute atomic E-state index is 5.74. The zero-order valence-electron chi connectivity index (χ0n) is 9.28. The van der Waals surface area contributed by atoms with Crippen LogP contribution in [0.4, 0.5) is 11.5 Å². The highest BCUT2D eigenvalue weighted by Crippen LogP contribution is 2.26. The Labute approximate surface area is 105 Å². The molecule has 17 heavy (non-hydrogen) atoms. The van der Waals surface area contributed by atoms with E-state index >= 15 is 0 Å². The quantitative estimate of drug-likeness (QED) is 0.825. The smallest absolute Gasteiger partial charge is 0.224 e. The van der Waals surface area contributed by atoms with Gasteiger partial charge >= 0.3 is 0 Å². The van der Waals surface area contributed by atoms with Crippen molar-refractivity contribution >= 4 is 23.1 Å². The SMILES string of the molecule is Clc1nccc(Nc2ccc3c(c2)CCC3)n1. The van der Waals surface area contributed by atoms with Crippen molar-refractivity contribution in [3.05, 3.63) is 46.9 Å². The minimum absolute atomic E-state index is 0.260. The molecule has 0 saturated carbocycles. The zero-order chi connectivity index (χ0) is 11.7. The van der Waals surface area contributed by atoms with Crippen LogP contribution < -0.4 is 5.32 Å². The summed E-state index contributed by atoms with van der Waals surface area (Å²) in [4.78, 5) is 7.96. The predicted octanol–water partition coefficient (Wildman–Crippen LogP) is 3.36. The van der Waals surface area contributed by atoms with E-state index in [-0.39, 0.29) is 5.28 Å². The largest absolute Gasteiger partial charge is 0.340 e. The van der Waals surface area contributed by atoms with Gasteiger partial charge in [0, 0.05) is 11.9 Å². The van der Waals surface area contributed by atoms with Crippen LogP contribution in [0.5, 0.6) is 0 Å². The number of aryl methyl sites for hydroxylation is 2. The first-order valence-corrected chi connectivity index (χ1v) is 6.06. The molecule has 1 aliphatic carbocycles. The van der Waals surface area contributed by atoms with Crippen molar-refractivity contribution in [3.63, 3.8) is 0 Å². The first kappa shape index (κ1) is 10.5. The molecule has 0 unspecified atom stereocenters. The first-order chi connectivity index (χ1) is 8.31. The Bertz CT molecular complexity index is 554.